The van der Waals surface area contributed by atoms with E-state index in [0.29, 0.717) is 17.3 Å². The van der Waals surface area contributed by atoms with E-state index in [1.165, 1.54) is 0 Å². The van der Waals surface area contributed by atoms with Crippen molar-refractivity contribution < 1.29 is 14.7 Å². The van der Waals surface area contributed by atoms with E-state index in [-0.39, 0.29) is 5.92 Å². The quantitative estimate of drug-likeness (QED) is 0.747. The van der Waals surface area contributed by atoms with E-state index >= 15 is 0 Å². The van der Waals surface area contributed by atoms with Gasteiger partial charge in [-0.1, -0.05) is 30.5 Å². The van der Waals surface area contributed by atoms with Crippen molar-refractivity contribution in [3.8, 4) is 0 Å². The Bertz CT molecular complexity index is 521. The third-order valence-corrected chi connectivity index (χ3v) is 3.92. The highest BCUT2D eigenvalue weighted by Crippen LogP contribution is 2.23. The van der Waals surface area contributed by atoms with Gasteiger partial charge in [-0.05, 0) is 31.0 Å². The number of hydrogen-bond donors (Lipinski definition) is 3. The summed E-state index contributed by atoms with van der Waals surface area (Å²) >= 11 is 5.81. The largest absolute Gasteiger partial charge is 0.393 e. The van der Waals surface area contributed by atoms with E-state index in [2.05, 4.69) is 10.6 Å². The van der Waals surface area contributed by atoms with Crippen molar-refractivity contribution in [2.45, 2.75) is 31.8 Å². The lowest BCUT2D eigenvalue weighted by molar-refractivity contribution is -0.136. The zero-order valence-electron chi connectivity index (χ0n) is 11.6. The molecule has 1 fully saturated rings. The molecule has 0 bridgehead atoms. The van der Waals surface area contributed by atoms with Gasteiger partial charge in [0.1, 0.15) is 0 Å². The van der Waals surface area contributed by atoms with Gasteiger partial charge >= 0.3 is 11.8 Å². The lowest BCUT2D eigenvalue weighted by Gasteiger charge is -2.27. The highest BCUT2D eigenvalue weighted by atomic mass is 35.5. The Hall–Kier alpha value is -1.59. The minimum absolute atomic E-state index is 0.0293. The summed E-state index contributed by atoms with van der Waals surface area (Å²) in [6, 6.07) is 6.59. The van der Waals surface area contributed by atoms with Gasteiger partial charge in [0, 0.05) is 23.2 Å². The maximum absolute atomic E-state index is 11.7. The van der Waals surface area contributed by atoms with Crippen LogP contribution in [-0.2, 0) is 9.59 Å². The van der Waals surface area contributed by atoms with Gasteiger partial charge in [-0.2, -0.15) is 0 Å². The molecule has 2 rings (SSSR count). The molecule has 1 saturated carbocycles. The summed E-state index contributed by atoms with van der Waals surface area (Å²) in [6.45, 7) is 0.322. The predicted octanol–water partition coefficient (Wildman–Crippen LogP) is 1.95. The van der Waals surface area contributed by atoms with Crippen LogP contribution in [0.25, 0.3) is 0 Å². The van der Waals surface area contributed by atoms with E-state index in [0.717, 1.165) is 25.7 Å². The Morgan fingerprint density at radius 3 is 2.71 bits per heavy atom. The first-order valence-corrected chi connectivity index (χ1v) is 7.47. The standard InChI is InChI=1S/C15H19ClN2O3/c16-11-5-3-6-12(8-11)18-15(21)14(20)17-9-10-4-1-2-7-13(10)19/h3,5-6,8,10,13,19H,1-2,4,7,9H2,(H,17,20)(H,18,21). The van der Waals surface area contributed by atoms with Gasteiger partial charge in [-0.15, -0.1) is 0 Å². The van der Waals surface area contributed by atoms with Crippen molar-refractivity contribution in [3.63, 3.8) is 0 Å². The van der Waals surface area contributed by atoms with Gasteiger partial charge in [0.2, 0.25) is 0 Å². The van der Waals surface area contributed by atoms with Crippen LogP contribution in [0.2, 0.25) is 5.02 Å². The van der Waals surface area contributed by atoms with Gasteiger partial charge in [-0.3, -0.25) is 9.59 Å². The van der Waals surface area contributed by atoms with Gasteiger partial charge in [-0.25, -0.2) is 0 Å². The van der Waals surface area contributed by atoms with Gasteiger partial charge in [0.15, 0.2) is 0 Å². The molecule has 0 saturated heterocycles. The predicted molar refractivity (Wildman–Crippen MR) is 81.1 cm³/mol. The van der Waals surface area contributed by atoms with Crippen LogP contribution >= 0.6 is 11.6 Å². The molecule has 2 unspecified atom stereocenters. The number of carbonyl (C=O) groups excluding carboxylic acids is 2. The molecule has 2 amide bonds. The molecule has 0 aliphatic heterocycles. The minimum Gasteiger partial charge on any atom is -0.393 e. The van der Waals surface area contributed by atoms with E-state index in [4.69, 9.17) is 11.6 Å². The molecule has 114 valence electrons. The van der Waals surface area contributed by atoms with Crippen molar-refractivity contribution in [1.82, 2.24) is 5.32 Å². The molecule has 0 aromatic heterocycles. The molecule has 6 heteroatoms. The van der Waals surface area contributed by atoms with Crippen molar-refractivity contribution in [1.29, 1.82) is 0 Å². The first-order valence-electron chi connectivity index (χ1n) is 7.09. The fraction of sp³-hybridized carbons (Fsp3) is 0.467. The number of halogens is 1. The molecule has 1 aromatic carbocycles. The van der Waals surface area contributed by atoms with Gasteiger partial charge in [0.05, 0.1) is 6.10 Å². The number of aliphatic hydroxyl groups is 1. The fourth-order valence-corrected chi connectivity index (χ4v) is 2.67. The summed E-state index contributed by atoms with van der Waals surface area (Å²) in [5, 5.41) is 15.4. The van der Waals surface area contributed by atoms with E-state index in [1.807, 2.05) is 0 Å². The lowest BCUT2D eigenvalue weighted by Crippen LogP contribution is -2.41. The number of nitrogens with one attached hydrogen (secondary N) is 2. The molecule has 1 aromatic rings. The van der Waals surface area contributed by atoms with Crippen molar-refractivity contribution >= 4 is 29.1 Å². The minimum atomic E-state index is -0.734. The molecule has 1 aliphatic rings. The third kappa shape index (κ3) is 4.72. The first-order chi connectivity index (χ1) is 10.1. The number of benzene rings is 1. The normalized spacial score (nSPS) is 21.6. The first kappa shape index (κ1) is 15.8. The summed E-state index contributed by atoms with van der Waals surface area (Å²) in [6.07, 6.45) is 3.30. The van der Waals surface area contributed by atoms with Crippen molar-refractivity contribution in [2.24, 2.45) is 5.92 Å². The van der Waals surface area contributed by atoms with Gasteiger partial charge in [0.25, 0.3) is 0 Å². The highest BCUT2D eigenvalue weighted by Gasteiger charge is 2.24. The Morgan fingerprint density at radius 1 is 1.24 bits per heavy atom. The molecule has 3 N–H and O–H groups in total. The molecule has 0 spiro atoms. The Labute approximate surface area is 128 Å². The van der Waals surface area contributed by atoms with Crippen molar-refractivity contribution in [3.05, 3.63) is 29.3 Å². The fourth-order valence-electron chi connectivity index (χ4n) is 2.48. The summed E-state index contributed by atoms with van der Waals surface area (Å²) in [7, 11) is 0. The topological polar surface area (TPSA) is 78.4 Å². The van der Waals surface area contributed by atoms with Crippen LogP contribution in [0.15, 0.2) is 24.3 Å². The van der Waals surface area contributed by atoms with Crippen LogP contribution in [-0.4, -0.2) is 29.6 Å². The smallest absolute Gasteiger partial charge is 0.313 e. The van der Waals surface area contributed by atoms with Crippen molar-refractivity contribution in [2.75, 3.05) is 11.9 Å². The van der Waals surface area contributed by atoms with Crippen LogP contribution in [0, 0.1) is 5.92 Å². The number of rotatable bonds is 3. The van der Waals surface area contributed by atoms with E-state index in [1.54, 1.807) is 24.3 Å². The third-order valence-electron chi connectivity index (χ3n) is 3.68. The summed E-state index contributed by atoms with van der Waals surface area (Å²) in [4.78, 5) is 23.5. The van der Waals surface area contributed by atoms with E-state index in [9.17, 15) is 14.7 Å². The zero-order chi connectivity index (χ0) is 15.2. The maximum atomic E-state index is 11.7. The monoisotopic (exact) mass is 310 g/mol. The van der Waals surface area contributed by atoms with Crippen LogP contribution in [0.3, 0.4) is 0 Å². The van der Waals surface area contributed by atoms with E-state index < -0.39 is 17.9 Å². The molecule has 0 heterocycles. The highest BCUT2D eigenvalue weighted by molar-refractivity contribution is 6.39. The molecular formula is C15H19ClN2O3. The molecule has 0 radical (unpaired) electrons. The molecule has 5 nitrogen and oxygen atoms in total. The average Bonchev–Trinajstić information content (AvgIpc) is 2.46. The van der Waals surface area contributed by atoms with Crippen LogP contribution in [0.4, 0.5) is 5.69 Å². The summed E-state index contributed by atoms with van der Waals surface area (Å²) < 4.78 is 0. The van der Waals surface area contributed by atoms with Crippen LogP contribution in [0.5, 0.6) is 0 Å². The second-order valence-corrected chi connectivity index (χ2v) is 5.72. The number of hydrogen-bond acceptors (Lipinski definition) is 3. The average molecular weight is 311 g/mol. The molecular weight excluding hydrogens is 292 g/mol. The Morgan fingerprint density at radius 2 is 2.00 bits per heavy atom. The number of aliphatic hydroxyl groups excluding tert-OH is 1. The number of anilines is 1. The SMILES string of the molecule is O=C(NCC1CCCCC1O)C(=O)Nc1cccc(Cl)c1. The summed E-state index contributed by atoms with van der Waals surface area (Å²) in [5.74, 6) is -1.41. The second kappa shape index (κ2) is 7.43. The number of amides is 2. The lowest BCUT2D eigenvalue weighted by atomic mass is 9.86. The summed E-state index contributed by atoms with van der Waals surface area (Å²) in [5.41, 5.74) is 0.473. The Balaban J connectivity index is 1.81. The van der Waals surface area contributed by atoms with Crippen LogP contribution in [0.1, 0.15) is 25.7 Å². The maximum Gasteiger partial charge on any atom is 0.313 e. The molecule has 2 atom stereocenters. The second-order valence-electron chi connectivity index (χ2n) is 5.29. The zero-order valence-corrected chi connectivity index (χ0v) is 12.4. The van der Waals surface area contributed by atoms with Crippen LogP contribution < -0.4 is 10.6 Å². The molecule has 21 heavy (non-hydrogen) atoms. The number of carbonyl (C=O) groups is 2. The Kier molecular flexibility index (Phi) is 5.59. The van der Waals surface area contributed by atoms with Gasteiger partial charge < -0.3 is 15.7 Å². The molecule has 1 aliphatic carbocycles.